The lowest BCUT2D eigenvalue weighted by Gasteiger charge is -2.35. The van der Waals surface area contributed by atoms with E-state index in [0.717, 1.165) is 12.0 Å². The van der Waals surface area contributed by atoms with Gasteiger partial charge in [-0.15, -0.1) is 11.8 Å². The first-order valence-electron chi connectivity index (χ1n) is 12.0. The smallest absolute Gasteiger partial charge is 0.311 e. The average Bonchev–Trinajstić information content (AvgIpc) is 3.14. The van der Waals surface area contributed by atoms with E-state index in [1.54, 1.807) is 16.7 Å². The number of aliphatic hydroxyl groups is 1. The molecule has 8 heteroatoms. The third kappa shape index (κ3) is 3.86. The normalized spacial score (nSPS) is 32.2. The van der Waals surface area contributed by atoms with Crippen molar-refractivity contribution in [2.75, 3.05) is 26.3 Å². The SMILES string of the molecule is O=C1OCC=C[C@H]2S[C@]34C=CCN(Cc5ccccc5)C(=O)C3N(CCCCCO)C(=O)[C@@H]4[C@@H]12. The van der Waals surface area contributed by atoms with E-state index in [0.29, 0.717) is 32.5 Å². The Hall–Kier alpha value is -2.58. The summed E-state index contributed by atoms with van der Waals surface area (Å²) in [7, 11) is 0. The zero-order valence-electron chi connectivity index (χ0n) is 19.0. The minimum Gasteiger partial charge on any atom is -0.461 e. The van der Waals surface area contributed by atoms with Crippen molar-refractivity contribution < 1.29 is 24.2 Å². The first-order chi connectivity index (χ1) is 16.6. The second-order valence-electron chi connectivity index (χ2n) is 9.32. The fraction of sp³-hybridized carbons (Fsp3) is 0.500. The zero-order chi connectivity index (χ0) is 23.7. The zero-order valence-corrected chi connectivity index (χ0v) is 19.9. The summed E-state index contributed by atoms with van der Waals surface area (Å²) in [4.78, 5) is 44.4. The molecule has 2 amide bonds. The molecule has 0 bridgehead atoms. The lowest BCUT2D eigenvalue weighted by Crippen LogP contribution is -2.53. The number of carbonyl (C=O) groups is 3. The number of rotatable bonds is 7. The Kier molecular flexibility index (Phi) is 6.53. The van der Waals surface area contributed by atoms with Gasteiger partial charge < -0.3 is 19.6 Å². The highest BCUT2D eigenvalue weighted by atomic mass is 32.2. The van der Waals surface area contributed by atoms with Crippen molar-refractivity contribution in [2.24, 2.45) is 11.8 Å². The maximum atomic E-state index is 14.1. The number of nitrogens with zero attached hydrogens (tertiary/aromatic N) is 2. The highest BCUT2D eigenvalue weighted by Gasteiger charge is 2.70. The lowest BCUT2D eigenvalue weighted by molar-refractivity contribution is -0.151. The molecule has 1 aromatic carbocycles. The summed E-state index contributed by atoms with van der Waals surface area (Å²) in [6, 6.07) is 9.18. The molecule has 4 heterocycles. The molecule has 34 heavy (non-hydrogen) atoms. The van der Waals surface area contributed by atoms with Gasteiger partial charge in [-0.25, -0.2) is 0 Å². The van der Waals surface area contributed by atoms with E-state index < -0.39 is 22.6 Å². The molecule has 0 aliphatic carbocycles. The lowest BCUT2D eigenvalue weighted by atomic mass is 9.78. The van der Waals surface area contributed by atoms with Crippen LogP contribution < -0.4 is 0 Å². The summed E-state index contributed by atoms with van der Waals surface area (Å²) in [6.45, 7) is 1.68. The van der Waals surface area contributed by atoms with Crippen LogP contribution in [0.15, 0.2) is 54.6 Å². The van der Waals surface area contributed by atoms with Crippen LogP contribution in [-0.4, -0.2) is 75.0 Å². The molecular formula is C26H30N2O5S. The van der Waals surface area contributed by atoms with Crippen LogP contribution in [0.25, 0.3) is 0 Å². The third-order valence-electron chi connectivity index (χ3n) is 7.27. The van der Waals surface area contributed by atoms with Gasteiger partial charge in [0.05, 0.1) is 16.6 Å². The monoisotopic (exact) mass is 482 g/mol. The highest BCUT2D eigenvalue weighted by molar-refractivity contribution is 8.02. The number of cyclic esters (lactones) is 1. The van der Waals surface area contributed by atoms with E-state index in [-0.39, 0.29) is 36.2 Å². The molecule has 2 fully saturated rings. The molecule has 5 rings (SSSR count). The Morgan fingerprint density at radius 2 is 1.88 bits per heavy atom. The Labute approximate surface area is 203 Å². The molecule has 4 aliphatic rings. The Balaban J connectivity index is 1.51. The van der Waals surface area contributed by atoms with Gasteiger partial charge in [-0.3, -0.25) is 14.4 Å². The van der Waals surface area contributed by atoms with Gasteiger partial charge in [-0.1, -0.05) is 54.6 Å². The molecule has 0 saturated carbocycles. The molecular weight excluding hydrogens is 452 g/mol. The Morgan fingerprint density at radius 1 is 1.06 bits per heavy atom. The summed E-state index contributed by atoms with van der Waals surface area (Å²) in [5.74, 6) is -1.80. The maximum Gasteiger partial charge on any atom is 0.311 e. The Morgan fingerprint density at radius 3 is 2.68 bits per heavy atom. The van der Waals surface area contributed by atoms with Gasteiger partial charge in [0.15, 0.2) is 0 Å². The van der Waals surface area contributed by atoms with Gasteiger partial charge in [-0.2, -0.15) is 0 Å². The van der Waals surface area contributed by atoms with Crippen LogP contribution in [-0.2, 0) is 25.7 Å². The molecule has 7 nitrogen and oxygen atoms in total. The van der Waals surface area contributed by atoms with E-state index in [4.69, 9.17) is 9.84 Å². The summed E-state index contributed by atoms with van der Waals surface area (Å²) in [5, 5.41) is 8.96. The van der Waals surface area contributed by atoms with Crippen molar-refractivity contribution >= 4 is 29.5 Å². The molecule has 0 aromatic heterocycles. The van der Waals surface area contributed by atoms with Gasteiger partial charge >= 0.3 is 5.97 Å². The van der Waals surface area contributed by atoms with E-state index in [9.17, 15) is 14.4 Å². The van der Waals surface area contributed by atoms with Crippen molar-refractivity contribution in [2.45, 2.75) is 41.8 Å². The van der Waals surface area contributed by atoms with Gasteiger partial charge in [0.2, 0.25) is 11.8 Å². The van der Waals surface area contributed by atoms with Crippen LogP contribution in [0.4, 0.5) is 0 Å². The summed E-state index contributed by atoms with van der Waals surface area (Å²) in [6.07, 6.45) is 9.95. The van der Waals surface area contributed by atoms with Gasteiger partial charge in [0, 0.05) is 31.5 Å². The number of ether oxygens (including phenoxy) is 1. The molecule has 4 aliphatic heterocycles. The second kappa shape index (κ2) is 9.58. The van der Waals surface area contributed by atoms with Crippen molar-refractivity contribution in [3.8, 4) is 0 Å². The molecule has 1 aromatic rings. The predicted octanol–water partition coefficient (Wildman–Crippen LogP) is 2.16. The van der Waals surface area contributed by atoms with Crippen molar-refractivity contribution in [3.05, 3.63) is 60.2 Å². The summed E-state index contributed by atoms with van der Waals surface area (Å²) < 4.78 is 4.60. The number of amides is 2. The third-order valence-corrected chi connectivity index (χ3v) is 9.01. The molecule has 180 valence electrons. The quantitative estimate of drug-likeness (QED) is 0.364. The minimum atomic E-state index is -0.799. The minimum absolute atomic E-state index is 0.0758. The molecule has 1 N–H and O–H groups in total. The van der Waals surface area contributed by atoms with Crippen LogP contribution >= 0.6 is 11.8 Å². The number of carbonyl (C=O) groups excluding carboxylic acids is 3. The number of hydrogen-bond acceptors (Lipinski definition) is 6. The first-order valence-corrected chi connectivity index (χ1v) is 12.9. The largest absolute Gasteiger partial charge is 0.461 e. The van der Waals surface area contributed by atoms with Crippen LogP contribution in [0, 0.1) is 11.8 Å². The second-order valence-corrected chi connectivity index (χ2v) is 10.8. The van der Waals surface area contributed by atoms with E-state index in [1.807, 2.05) is 59.5 Å². The average molecular weight is 483 g/mol. The van der Waals surface area contributed by atoms with Crippen LogP contribution in [0.2, 0.25) is 0 Å². The van der Waals surface area contributed by atoms with Crippen molar-refractivity contribution in [1.82, 2.24) is 9.80 Å². The predicted molar refractivity (Wildman–Crippen MR) is 129 cm³/mol. The number of fused-ring (bicyclic) bond motifs is 2. The fourth-order valence-electron chi connectivity index (χ4n) is 5.77. The number of thioether (sulfide) groups is 1. The molecule has 1 spiro atoms. The number of hydrogen-bond donors (Lipinski definition) is 1. The molecule has 0 radical (unpaired) electrons. The molecule has 2 saturated heterocycles. The maximum absolute atomic E-state index is 14.1. The molecule has 5 atom stereocenters. The molecule has 1 unspecified atom stereocenters. The van der Waals surface area contributed by atoms with Crippen LogP contribution in [0.5, 0.6) is 0 Å². The summed E-state index contributed by atoms with van der Waals surface area (Å²) >= 11 is 1.57. The van der Waals surface area contributed by atoms with E-state index in [2.05, 4.69) is 0 Å². The standard InChI is InChI=1S/C26H30N2O5S/c29-15-6-2-5-14-28-22-24(31)27(17-18-9-3-1-4-10-18)13-8-12-26(22)21(23(28)30)20-19(34-26)11-7-16-33-25(20)32/h1,3-4,7-12,19-22,29H,2,5-6,13-17H2/t19-,20+,21+,22?,26+/m1/s1. The first kappa shape index (κ1) is 23.2. The number of esters is 1. The fourth-order valence-corrected chi connectivity index (χ4v) is 7.77. The van der Waals surface area contributed by atoms with Gasteiger partial charge in [0.1, 0.15) is 12.6 Å². The van der Waals surface area contributed by atoms with Crippen molar-refractivity contribution in [3.63, 3.8) is 0 Å². The summed E-state index contributed by atoms with van der Waals surface area (Å²) in [5.41, 5.74) is 1.03. The highest BCUT2D eigenvalue weighted by Crippen LogP contribution is 2.60. The number of unbranched alkanes of at least 4 members (excludes halogenated alkanes) is 2. The van der Waals surface area contributed by atoms with Gasteiger partial charge in [0.25, 0.3) is 0 Å². The van der Waals surface area contributed by atoms with Gasteiger partial charge in [-0.05, 0) is 24.8 Å². The number of likely N-dealkylation sites (tertiary alicyclic amines) is 1. The van der Waals surface area contributed by atoms with E-state index >= 15 is 0 Å². The van der Waals surface area contributed by atoms with Crippen molar-refractivity contribution in [1.29, 1.82) is 0 Å². The van der Waals surface area contributed by atoms with Crippen LogP contribution in [0.3, 0.4) is 0 Å². The Bertz CT molecular complexity index is 1010. The number of aliphatic hydroxyl groups excluding tert-OH is 1. The van der Waals surface area contributed by atoms with E-state index in [1.165, 1.54) is 0 Å². The van der Waals surface area contributed by atoms with Crippen LogP contribution in [0.1, 0.15) is 24.8 Å². The number of benzene rings is 1. The topological polar surface area (TPSA) is 87.2 Å².